The fourth-order valence-electron chi connectivity index (χ4n) is 8.31. The molecule has 0 N–H and O–H groups in total. The molecular formula is C51H33N5. The normalized spacial score (nSPS) is 11.7. The number of rotatable bonds is 5. The van der Waals surface area contributed by atoms with Gasteiger partial charge in [0.15, 0.2) is 5.82 Å². The largest absolute Gasteiger partial charge is 0.274 e. The minimum absolute atomic E-state index is 0.769. The standard InChI is InChI=1S/C51H33N5/c1-32-12-10-20-42(52-32)33-24-28-35(29-25-33)48-37-13-2-4-15-39(37)49(40-16-5-3-14-38(40)48)36-30-26-34(27-31-36)43-21-11-22-46(53-43)51-54-44-18-7-6-17-41(44)50-55-45-19-8-9-23-47(45)56(50)51/h2-31H,1H3. The zero-order chi connectivity index (χ0) is 37.2. The maximum absolute atomic E-state index is 5.22. The first-order chi connectivity index (χ1) is 27.7. The van der Waals surface area contributed by atoms with E-state index in [1.54, 1.807) is 0 Å². The number of imidazole rings is 1. The molecule has 0 atom stereocenters. The van der Waals surface area contributed by atoms with E-state index >= 15 is 0 Å². The Bertz CT molecular complexity index is 3250. The quantitative estimate of drug-likeness (QED) is 0.167. The lowest BCUT2D eigenvalue weighted by atomic mass is 9.85. The van der Waals surface area contributed by atoms with Gasteiger partial charge >= 0.3 is 0 Å². The third kappa shape index (κ3) is 5.17. The van der Waals surface area contributed by atoms with Crippen LogP contribution in [0.15, 0.2) is 182 Å². The van der Waals surface area contributed by atoms with E-state index in [0.717, 1.165) is 72.9 Å². The lowest BCUT2D eigenvalue weighted by Crippen LogP contribution is -2.00. The maximum atomic E-state index is 5.22. The summed E-state index contributed by atoms with van der Waals surface area (Å²) in [4.78, 5) is 20.1. The fraction of sp³-hybridized carbons (Fsp3) is 0.0196. The Balaban J connectivity index is 1.02. The van der Waals surface area contributed by atoms with E-state index in [1.165, 1.54) is 38.2 Å². The Morgan fingerprint density at radius 2 is 0.804 bits per heavy atom. The molecule has 5 heteroatoms. The van der Waals surface area contributed by atoms with Gasteiger partial charge in [-0.05, 0) is 99.3 Å². The van der Waals surface area contributed by atoms with Gasteiger partial charge < -0.3 is 0 Å². The SMILES string of the molecule is Cc1cccc(-c2ccc(-c3c4ccccc4c(-c4ccc(-c5cccc(-c6nc7ccccc7c7nc8ccccc8n67)n5)cc4)c4ccccc34)cc2)n1. The number of aromatic nitrogens is 5. The molecule has 4 heterocycles. The number of pyridine rings is 2. The molecular weight excluding hydrogens is 683 g/mol. The van der Waals surface area contributed by atoms with Gasteiger partial charge in [0, 0.05) is 22.2 Å². The summed E-state index contributed by atoms with van der Waals surface area (Å²) in [6.45, 7) is 2.03. The molecule has 0 aliphatic carbocycles. The number of aryl methyl sites for hydroxylation is 1. The molecule has 0 bridgehead atoms. The van der Waals surface area contributed by atoms with E-state index in [2.05, 4.69) is 138 Å². The molecule has 0 saturated carbocycles. The van der Waals surface area contributed by atoms with E-state index in [1.807, 2.05) is 55.5 Å². The molecule has 4 aromatic heterocycles. The lowest BCUT2D eigenvalue weighted by Gasteiger charge is -2.18. The average Bonchev–Trinajstić information content (AvgIpc) is 3.66. The summed E-state index contributed by atoms with van der Waals surface area (Å²) in [6.07, 6.45) is 0. The van der Waals surface area contributed by atoms with E-state index in [-0.39, 0.29) is 0 Å². The highest BCUT2D eigenvalue weighted by atomic mass is 15.1. The summed E-state index contributed by atoms with van der Waals surface area (Å²) in [5.74, 6) is 0.769. The predicted molar refractivity (Wildman–Crippen MR) is 231 cm³/mol. The van der Waals surface area contributed by atoms with Gasteiger partial charge in [0.1, 0.15) is 11.3 Å². The molecule has 0 fully saturated rings. The highest BCUT2D eigenvalue weighted by Gasteiger charge is 2.19. The second-order valence-electron chi connectivity index (χ2n) is 14.3. The Morgan fingerprint density at radius 1 is 0.339 bits per heavy atom. The molecule has 0 aliphatic heterocycles. The van der Waals surface area contributed by atoms with Gasteiger partial charge in [-0.25, -0.2) is 15.0 Å². The van der Waals surface area contributed by atoms with Crippen LogP contribution in [0.5, 0.6) is 0 Å². The summed E-state index contributed by atoms with van der Waals surface area (Å²) in [5, 5.41) is 5.90. The second-order valence-corrected chi connectivity index (χ2v) is 14.3. The van der Waals surface area contributed by atoms with E-state index < -0.39 is 0 Å². The van der Waals surface area contributed by atoms with Gasteiger partial charge in [-0.1, -0.05) is 133 Å². The smallest absolute Gasteiger partial charge is 0.165 e. The number of para-hydroxylation sites is 3. The van der Waals surface area contributed by atoms with Crippen molar-refractivity contribution < 1.29 is 0 Å². The predicted octanol–water partition coefficient (Wildman–Crippen LogP) is 12.8. The molecule has 7 aromatic carbocycles. The topological polar surface area (TPSA) is 56.0 Å². The Hall–Kier alpha value is -7.50. The average molecular weight is 716 g/mol. The van der Waals surface area contributed by atoms with Crippen LogP contribution >= 0.6 is 0 Å². The van der Waals surface area contributed by atoms with Crippen molar-refractivity contribution in [1.29, 1.82) is 0 Å². The van der Waals surface area contributed by atoms with Gasteiger partial charge in [-0.2, -0.15) is 0 Å². The molecule has 0 spiro atoms. The van der Waals surface area contributed by atoms with Gasteiger partial charge in [0.05, 0.1) is 27.9 Å². The zero-order valence-electron chi connectivity index (χ0n) is 30.6. The van der Waals surface area contributed by atoms with Crippen LogP contribution in [0.1, 0.15) is 5.69 Å². The molecule has 0 aliphatic rings. The van der Waals surface area contributed by atoms with Gasteiger partial charge in [-0.3, -0.25) is 9.38 Å². The van der Waals surface area contributed by atoms with Crippen molar-refractivity contribution in [3.8, 4) is 56.3 Å². The molecule has 5 nitrogen and oxygen atoms in total. The Labute approximate surface area is 323 Å². The molecule has 11 aromatic rings. The summed E-state index contributed by atoms with van der Waals surface area (Å²) in [7, 11) is 0. The first-order valence-corrected chi connectivity index (χ1v) is 18.9. The second kappa shape index (κ2) is 12.8. The highest BCUT2D eigenvalue weighted by molar-refractivity contribution is 6.21. The van der Waals surface area contributed by atoms with Crippen molar-refractivity contribution in [2.24, 2.45) is 0 Å². The number of hydrogen-bond donors (Lipinski definition) is 0. The summed E-state index contributed by atoms with van der Waals surface area (Å²) in [5.41, 5.74) is 14.3. The van der Waals surface area contributed by atoms with E-state index in [4.69, 9.17) is 19.9 Å². The molecule has 0 saturated heterocycles. The van der Waals surface area contributed by atoms with Crippen LogP contribution in [0.25, 0.3) is 105 Å². The number of fused-ring (bicyclic) bond motifs is 7. The Morgan fingerprint density at radius 3 is 1.39 bits per heavy atom. The fourth-order valence-corrected chi connectivity index (χ4v) is 8.31. The van der Waals surface area contributed by atoms with Crippen LogP contribution in [0, 0.1) is 6.92 Å². The molecule has 0 radical (unpaired) electrons. The molecule has 11 rings (SSSR count). The highest BCUT2D eigenvalue weighted by Crippen LogP contribution is 2.44. The zero-order valence-corrected chi connectivity index (χ0v) is 30.6. The number of nitrogens with zero attached hydrogens (tertiary/aromatic N) is 5. The van der Waals surface area contributed by atoms with E-state index in [0.29, 0.717) is 0 Å². The van der Waals surface area contributed by atoms with Crippen molar-refractivity contribution in [2.75, 3.05) is 0 Å². The monoisotopic (exact) mass is 715 g/mol. The van der Waals surface area contributed by atoms with Gasteiger partial charge in [-0.15, -0.1) is 0 Å². The molecule has 0 amide bonds. The molecule has 262 valence electrons. The summed E-state index contributed by atoms with van der Waals surface area (Å²) < 4.78 is 2.14. The maximum Gasteiger partial charge on any atom is 0.165 e. The van der Waals surface area contributed by atoms with E-state index in [9.17, 15) is 0 Å². The van der Waals surface area contributed by atoms with Crippen LogP contribution in [-0.4, -0.2) is 24.3 Å². The van der Waals surface area contributed by atoms with Gasteiger partial charge in [0.25, 0.3) is 0 Å². The van der Waals surface area contributed by atoms with Crippen LogP contribution in [0.4, 0.5) is 0 Å². The minimum atomic E-state index is 0.769. The first kappa shape index (κ1) is 32.0. The third-order valence-corrected chi connectivity index (χ3v) is 10.9. The van der Waals surface area contributed by atoms with Crippen LogP contribution in [-0.2, 0) is 0 Å². The first-order valence-electron chi connectivity index (χ1n) is 18.9. The molecule has 56 heavy (non-hydrogen) atoms. The number of hydrogen-bond acceptors (Lipinski definition) is 4. The minimum Gasteiger partial charge on any atom is -0.274 e. The Kier molecular flexibility index (Phi) is 7.32. The summed E-state index contributed by atoms with van der Waals surface area (Å²) in [6, 6.07) is 64.0. The van der Waals surface area contributed by atoms with Crippen molar-refractivity contribution in [2.45, 2.75) is 6.92 Å². The lowest BCUT2D eigenvalue weighted by molar-refractivity contribution is 1.13. The van der Waals surface area contributed by atoms with Crippen LogP contribution in [0.3, 0.4) is 0 Å². The molecule has 0 unspecified atom stereocenters. The van der Waals surface area contributed by atoms with Crippen LogP contribution in [0.2, 0.25) is 0 Å². The van der Waals surface area contributed by atoms with Crippen LogP contribution < -0.4 is 0 Å². The van der Waals surface area contributed by atoms with Crippen molar-refractivity contribution in [3.63, 3.8) is 0 Å². The van der Waals surface area contributed by atoms with Crippen molar-refractivity contribution in [3.05, 3.63) is 188 Å². The summed E-state index contributed by atoms with van der Waals surface area (Å²) >= 11 is 0. The van der Waals surface area contributed by atoms with Gasteiger partial charge in [0.2, 0.25) is 0 Å². The third-order valence-electron chi connectivity index (χ3n) is 10.9. The van der Waals surface area contributed by atoms with Crippen molar-refractivity contribution >= 4 is 49.1 Å². The van der Waals surface area contributed by atoms with Crippen molar-refractivity contribution in [1.82, 2.24) is 24.3 Å². The number of benzene rings is 7.